The molecule has 1 atom stereocenters. The lowest BCUT2D eigenvalue weighted by atomic mass is 10.0. The highest BCUT2D eigenvalue weighted by Crippen LogP contribution is 2.35. The van der Waals surface area contributed by atoms with Crippen molar-refractivity contribution in [1.29, 1.82) is 0 Å². The molecule has 11 heteroatoms. The van der Waals surface area contributed by atoms with Crippen molar-refractivity contribution in [3.05, 3.63) is 72.2 Å². The van der Waals surface area contributed by atoms with Crippen LogP contribution in [0, 0.1) is 0 Å². The highest BCUT2D eigenvalue weighted by molar-refractivity contribution is 7.92. The van der Waals surface area contributed by atoms with Gasteiger partial charge in [0, 0.05) is 19.6 Å². The van der Waals surface area contributed by atoms with Crippen LogP contribution in [0.2, 0.25) is 0 Å². The number of hydrogen-bond acceptors (Lipinski definition) is 8. The maximum absolute atomic E-state index is 13.4. The fourth-order valence-corrected chi connectivity index (χ4v) is 5.91. The van der Waals surface area contributed by atoms with E-state index in [1.165, 1.54) is 22.0 Å². The van der Waals surface area contributed by atoms with Crippen LogP contribution >= 0.6 is 0 Å². The molecule has 5 rings (SSSR count). The highest BCUT2D eigenvalue weighted by Gasteiger charge is 2.22. The van der Waals surface area contributed by atoms with Crippen molar-refractivity contribution in [2.24, 2.45) is 0 Å². The zero-order valence-corrected chi connectivity index (χ0v) is 21.6. The average Bonchev–Trinajstić information content (AvgIpc) is 3.17. The quantitative estimate of drug-likeness (QED) is 0.323. The number of aromatic nitrogens is 3. The highest BCUT2D eigenvalue weighted by atomic mass is 32.2. The van der Waals surface area contributed by atoms with Crippen LogP contribution in [0.4, 0.5) is 17.2 Å². The third-order valence-electron chi connectivity index (χ3n) is 6.45. The molecule has 10 nitrogen and oxygen atoms in total. The summed E-state index contributed by atoms with van der Waals surface area (Å²) < 4.78 is 36.7. The van der Waals surface area contributed by atoms with Crippen molar-refractivity contribution in [2.45, 2.75) is 30.8 Å². The lowest BCUT2D eigenvalue weighted by Crippen LogP contribution is -2.33. The number of benzene rings is 2. The number of sulfonamides is 1. The molecule has 0 bridgehead atoms. The molecular weight excluding hydrogens is 492 g/mol. The third kappa shape index (κ3) is 5.38. The zero-order chi connectivity index (χ0) is 26.0. The Hall–Kier alpha value is -3.67. The second-order valence-electron chi connectivity index (χ2n) is 9.16. The normalized spacial score (nSPS) is 15.1. The van der Waals surface area contributed by atoms with Gasteiger partial charge in [0.05, 0.1) is 36.3 Å². The van der Waals surface area contributed by atoms with E-state index in [4.69, 9.17) is 4.74 Å². The van der Waals surface area contributed by atoms with E-state index in [-0.39, 0.29) is 11.0 Å². The van der Waals surface area contributed by atoms with Gasteiger partial charge in [-0.25, -0.2) is 17.9 Å². The lowest BCUT2D eigenvalue weighted by Gasteiger charge is -2.20. The molecule has 0 amide bonds. The first-order valence-corrected chi connectivity index (χ1v) is 13.6. The van der Waals surface area contributed by atoms with Crippen LogP contribution in [0.1, 0.15) is 18.1 Å². The van der Waals surface area contributed by atoms with E-state index >= 15 is 0 Å². The molecule has 0 saturated heterocycles. The van der Waals surface area contributed by atoms with Gasteiger partial charge in [-0.05, 0) is 67.3 Å². The lowest BCUT2D eigenvalue weighted by molar-refractivity contribution is 0.129. The average molecular weight is 523 g/mol. The van der Waals surface area contributed by atoms with Crippen LogP contribution in [-0.4, -0.2) is 65.9 Å². The standard InChI is InChI=1S/C26H30N6O4S/c1-18(33)16-31-11-9-19-13-23(24(36-2)14-20(19)10-12-31)29-22-5-3-4-6-25(22)37(34,35)30-26-8-7-21-15-27-17-28-32(21)26/h3-8,13-15,17-18,29-30,33H,9-12,16H2,1-2H3/t18-/m0/s1. The molecule has 1 aliphatic heterocycles. The van der Waals surface area contributed by atoms with Gasteiger partial charge < -0.3 is 20.1 Å². The number of hydrogen-bond donors (Lipinski definition) is 3. The van der Waals surface area contributed by atoms with Crippen LogP contribution < -0.4 is 14.8 Å². The summed E-state index contributed by atoms with van der Waals surface area (Å²) in [7, 11) is -2.35. The monoisotopic (exact) mass is 522 g/mol. The fraction of sp³-hybridized carbons (Fsp3) is 0.308. The van der Waals surface area contributed by atoms with Gasteiger partial charge in [-0.15, -0.1) is 0 Å². The van der Waals surface area contributed by atoms with Crippen molar-refractivity contribution < 1.29 is 18.3 Å². The van der Waals surface area contributed by atoms with Crippen LogP contribution in [0.25, 0.3) is 5.52 Å². The van der Waals surface area contributed by atoms with Gasteiger partial charge in [-0.3, -0.25) is 4.72 Å². The summed E-state index contributed by atoms with van der Waals surface area (Å²) in [5, 5.41) is 17.2. The number of methoxy groups -OCH3 is 1. The van der Waals surface area contributed by atoms with Crippen molar-refractivity contribution in [3.8, 4) is 5.75 Å². The molecule has 3 N–H and O–H groups in total. The second kappa shape index (κ2) is 10.4. The van der Waals surface area contributed by atoms with Gasteiger partial charge in [0.15, 0.2) is 0 Å². The van der Waals surface area contributed by atoms with Crippen LogP contribution in [0.15, 0.2) is 66.0 Å². The molecular formula is C26H30N6O4S. The van der Waals surface area contributed by atoms with E-state index in [0.29, 0.717) is 35.0 Å². The van der Waals surface area contributed by atoms with Gasteiger partial charge in [0.25, 0.3) is 10.0 Å². The maximum Gasteiger partial charge on any atom is 0.265 e. The Morgan fingerprint density at radius 3 is 2.59 bits per heavy atom. The number of rotatable bonds is 8. The number of anilines is 3. The van der Waals surface area contributed by atoms with E-state index in [0.717, 1.165) is 25.9 Å². The van der Waals surface area contributed by atoms with Crippen molar-refractivity contribution in [1.82, 2.24) is 19.5 Å². The first kappa shape index (κ1) is 25.0. The van der Waals surface area contributed by atoms with E-state index in [1.807, 2.05) is 12.1 Å². The summed E-state index contributed by atoms with van der Waals surface area (Å²) in [5.74, 6) is 0.953. The largest absolute Gasteiger partial charge is 0.495 e. The summed E-state index contributed by atoms with van der Waals surface area (Å²) >= 11 is 0. The third-order valence-corrected chi connectivity index (χ3v) is 7.86. The first-order chi connectivity index (χ1) is 17.8. The number of ether oxygens (including phenoxy) is 1. The summed E-state index contributed by atoms with van der Waals surface area (Å²) in [6.07, 6.45) is 4.26. The summed E-state index contributed by atoms with van der Waals surface area (Å²) in [4.78, 5) is 6.32. The molecule has 1 aliphatic rings. The second-order valence-corrected chi connectivity index (χ2v) is 10.8. The Balaban J connectivity index is 1.44. The smallest absolute Gasteiger partial charge is 0.265 e. The Kier molecular flexibility index (Phi) is 7.00. The molecule has 3 heterocycles. The van der Waals surface area contributed by atoms with Crippen LogP contribution in [-0.2, 0) is 22.9 Å². The zero-order valence-electron chi connectivity index (χ0n) is 20.8. The summed E-state index contributed by atoms with van der Waals surface area (Å²) in [5.41, 5.74) is 4.16. The van der Waals surface area contributed by atoms with Crippen molar-refractivity contribution >= 4 is 32.7 Å². The van der Waals surface area contributed by atoms with Crippen molar-refractivity contribution in [3.63, 3.8) is 0 Å². The molecule has 37 heavy (non-hydrogen) atoms. The molecule has 194 valence electrons. The minimum Gasteiger partial charge on any atom is -0.495 e. The fourth-order valence-electron chi connectivity index (χ4n) is 4.71. The first-order valence-electron chi connectivity index (χ1n) is 12.1. The maximum atomic E-state index is 13.4. The van der Waals surface area contributed by atoms with E-state index < -0.39 is 10.0 Å². The molecule has 0 spiro atoms. The molecule has 0 aliphatic carbocycles. The molecule has 0 fully saturated rings. The van der Waals surface area contributed by atoms with E-state index in [9.17, 15) is 13.5 Å². The van der Waals surface area contributed by atoms with E-state index in [2.05, 4.69) is 25.0 Å². The molecule has 2 aromatic carbocycles. The predicted octanol–water partition coefficient (Wildman–Crippen LogP) is 3.06. The van der Waals surface area contributed by atoms with Gasteiger partial charge in [-0.2, -0.15) is 5.10 Å². The Bertz CT molecular complexity index is 1520. The minimum absolute atomic E-state index is 0.0964. The number of fused-ring (bicyclic) bond motifs is 2. The Morgan fingerprint density at radius 1 is 1.08 bits per heavy atom. The number of nitrogens with one attached hydrogen (secondary N) is 2. The number of aliphatic hydroxyl groups excluding tert-OH is 1. The predicted molar refractivity (Wildman–Crippen MR) is 142 cm³/mol. The van der Waals surface area contributed by atoms with Gasteiger partial charge in [-0.1, -0.05) is 12.1 Å². The SMILES string of the molecule is COc1cc2c(cc1Nc1ccccc1S(=O)(=O)Nc1ccc3cncnn13)CCN(C[C@H](C)O)CC2. The molecule has 4 aromatic rings. The Morgan fingerprint density at radius 2 is 1.84 bits per heavy atom. The van der Waals surface area contributed by atoms with Crippen molar-refractivity contribution in [2.75, 3.05) is 36.8 Å². The van der Waals surface area contributed by atoms with Crippen LogP contribution in [0.5, 0.6) is 5.75 Å². The number of nitrogens with zero attached hydrogens (tertiary/aromatic N) is 4. The topological polar surface area (TPSA) is 121 Å². The molecule has 0 saturated carbocycles. The van der Waals surface area contributed by atoms with E-state index in [1.54, 1.807) is 56.6 Å². The number of aliphatic hydroxyl groups is 1. The summed E-state index contributed by atoms with van der Waals surface area (Å²) in [6, 6.07) is 14.2. The number of para-hydroxylation sites is 1. The minimum atomic E-state index is -3.95. The van der Waals surface area contributed by atoms with Gasteiger partial charge in [0.1, 0.15) is 22.8 Å². The molecule has 2 aromatic heterocycles. The van der Waals surface area contributed by atoms with Gasteiger partial charge in [0.2, 0.25) is 0 Å². The molecule has 0 radical (unpaired) electrons. The molecule has 0 unspecified atom stereocenters. The van der Waals surface area contributed by atoms with Crippen LogP contribution in [0.3, 0.4) is 0 Å². The number of β-amino-alcohol motifs (C(OH)–C–C–N with tert-alkyl or cyclic N) is 1. The van der Waals surface area contributed by atoms with Gasteiger partial charge >= 0.3 is 0 Å². The Labute approximate surface area is 216 Å². The summed E-state index contributed by atoms with van der Waals surface area (Å²) in [6.45, 7) is 4.14.